The Kier molecular flexibility index (Phi) is 6.51. The highest BCUT2D eigenvalue weighted by Crippen LogP contribution is 2.38. The molecule has 0 aliphatic carbocycles. The molecule has 1 unspecified atom stereocenters. The minimum absolute atomic E-state index is 0.0988. The van der Waals surface area contributed by atoms with E-state index in [0.717, 1.165) is 34.3 Å². The molecule has 0 spiro atoms. The van der Waals surface area contributed by atoms with Gasteiger partial charge in [0, 0.05) is 48.8 Å². The van der Waals surface area contributed by atoms with Gasteiger partial charge in [-0.15, -0.1) is 0 Å². The van der Waals surface area contributed by atoms with Gasteiger partial charge in [-0.05, 0) is 48.0 Å². The molecule has 0 saturated carbocycles. The molecular formula is C18H23Cl2N5O2S. The Hall–Kier alpha value is -1.39. The molecule has 10 heteroatoms. The Balaban J connectivity index is 1.89. The topological polar surface area (TPSA) is 76.7 Å². The van der Waals surface area contributed by atoms with E-state index >= 15 is 0 Å². The van der Waals surface area contributed by atoms with Gasteiger partial charge in [-0.25, -0.2) is 10.9 Å². The molecule has 1 heterocycles. The van der Waals surface area contributed by atoms with Gasteiger partial charge in [0.1, 0.15) is 0 Å². The molecular weight excluding hydrogens is 421 g/mol. The van der Waals surface area contributed by atoms with Crippen molar-refractivity contribution in [3.8, 4) is 0 Å². The lowest BCUT2D eigenvalue weighted by molar-refractivity contribution is 0.281. The number of anilines is 1. The molecule has 3 rings (SSSR count). The number of nitrogens with one attached hydrogen (secondary N) is 3. The highest BCUT2D eigenvalue weighted by Gasteiger charge is 2.27. The Morgan fingerprint density at radius 1 is 1.11 bits per heavy atom. The van der Waals surface area contributed by atoms with Crippen molar-refractivity contribution in [2.24, 2.45) is 0 Å². The smallest absolute Gasteiger partial charge is 0.301 e. The third-order valence-corrected chi connectivity index (χ3v) is 6.59. The fourth-order valence-electron chi connectivity index (χ4n) is 3.46. The molecule has 1 atom stereocenters. The first-order valence-electron chi connectivity index (χ1n) is 8.69. The van der Waals surface area contributed by atoms with Crippen LogP contribution in [0.4, 0.5) is 5.69 Å². The minimum Gasteiger partial charge on any atom is -0.301 e. The second-order valence-electron chi connectivity index (χ2n) is 6.65. The third-order valence-electron chi connectivity index (χ3n) is 4.70. The number of nitrogens with zero attached hydrogens (tertiary/aromatic N) is 2. The van der Waals surface area contributed by atoms with Crippen LogP contribution in [-0.2, 0) is 16.8 Å². The van der Waals surface area contributed by atoms with E-state index in [1.165, 1.54) is 14.1 Å². The van der Waals surface area contributed by atoms with Gasteiger partial charge in [0.2, 0.25) is 0 Å². The molecule has 2 aromatic rings. The van der Waals surface area contributed by atoms with Crippen LogP contribution < -0.4 is 15.6 Å². The Morgan fingerprint density at radius 3 is 2.36 bits per heavy atom. The quantitative estimate of drug-likeness (QED) is 0.598. The average molecular weight is 444 g/mol. The van der Waals surface area contributed by atoms with E-state index in [9.17, 15) is 8.42 Å². The molecule has 1 aliphatic heterocycles. The zero-order chi connectivity index (χ0) is 20.5. The van der Waals surface area contributed by atoms with Gasteiger partial charge in [-0.2, -0.15) is 8.42 Å². The van der Waals surface area contributed by atoms with Crippen molar-refractivity contribution >= 4 is 39.1 Å². The van der Waals surface area contributed by atoms with Gasteiger partial charge in [0.15, 0.2) is 0 Å². The van der Waals surface area contributed by atoms with Crippen molar-refractivity contribution in [3.05, 3.63) is 63.1 Å². The van der Waals surface area contributed by atoms with Crippen LogP contribution >= 0.6 is 23.2 Å². The number of fused-ring (bicyclic) bond motifs is 1. The van der Waals surface area contributed by atoms with E-state index in [-0.39, 0.29) is 5.92 Å². The first kappa shape index (κ1) is 21.3. The van der Waals surface area contributed by atoms with Gasteiger partial charge < -0.3 is 4.90 Å². The second kappa shape index (κ2) is 8.54. The van der Waals surface area contributed by atoms with Crippen LogP contribution in [0.25, 0.3) is 0 Å². The van der Waals surface area contributed by atoms with E-state index < -0.39 is 10.2 Å². The molecule has 2 aromatic carbocycles. The summed E-state index contributed by atoms with van der Waals surface area (Å²) in [7, 11) is 1.30. The van der Waals surface area contributed by atoms with Crippen molar-refractivity contribution in [1.82, 2.24) is 20.3 Å². The van der Waals surface area contributed by atoms with Crippen molar-refractivity contribution in [1.29, 1.82) is 0 Å². The van der Waals surface area contributed by atoms with Crippen molar-refractivity contribution in [2.75, 3.05) is 32.4 Å². The summed E-state index contributed by atoms with van der Waals surface area (Å²) < 4.78 is 28.0. The van der Waals surface area contributed by atoms with Crippen LogP contribution in [0.1, 0.15) is 22.6 Å². The predicted octanol–water partition coefficient (Wildman–Crippen LogP) is 2.80. The first-order chi connectivity index (χ1) is 13.2. The van der Waals surface area contributed by atoms with Crippen LogP contribution in [0.15, 0.2) is 36.4 Å². The molecule has 0 amide bonds. The summed E-state index contributed by atoms with van der Waals surface area (Å²) in [4.78, 5) is 2.21. The zero-order valence-electron chi connectivity index (χ0n) is 15.8. The number of rotatable bonds is 6. The molecule has 0 fully saturated rings. The number of likely N-dealkylation sites (N-methyl/N-ethyl adjacent to an activating group) is 1. The van der Waals surface area contributed by atoms with Gasteiger partial charge in [-0.3, -0.25) is 4.72 Å². The van der Waals surface area contributed by atoms with Crippen LogP contribution in [0, 0.1) is 0 Å². The van der Waals surface area contributed by atoms with E-state index in [4.69, 9.17) is 23.2 Å². The molecule has 3 N–H and O–H groups in total. The largest absolute Gasteiger partial charge is 0.328 e. The standard InChI is InChI=1S/C18H23Cl2N5O2S/c1-21-25(22-2)28(26,27)23-14-6-4-12(5-7-14)16-10-24(3)11-17-15(16)8-13(19)9-18(17)20/h4-9,16,21-23H,10-11H2,1-3H3. The van der Waals surface area contributed by atoms with Crippen LogP contribution in [0.2, 0.25) is 10.0 Å². The second-order valence-corrected chi connectivity index (χ2v) is 9.01. The monoisotopic (exact) mass is 443 g/mol. The van der Waals surface area contributed by atoms with Crippen molar-refractivity contribution < 1.29 is 8.42 Å². The van der Waals surface area contributed by atoms with Crippen molar-refractivity contribution in [3.63, 3.8) is 0 Å². The molecule has 1 aliphatic rings. The third kappa shape index (κ3) is 4.44. The molecule has 152 valence electrons. The maximum absolute atomic E-state index is 12.3. The molecule has 0 radical (unpaired) electrons. The maximum Gasteiger partial charge on any atom is 0.328 e. The van der Waals surface area contributed by atoms with Gasteiger partial charge in [0.05, 0.1) is 0 Å². The van der Waals surface area contributed by atoms with Crippen LogP contribution in [-0.4, -0.2) is 45.5 Å². The normalized spacial score (nSPS) is 17.6. The van der Waals surface area contributed by atoms with Crippen molar-refractivity contribution in [2.45, 2.75) is 12.5 Å². The van der Waals surface area contributed by atoms with E-state index in [0.29, 0.717) is 15.7 Å². The fourth-order valence-corrected chi connectivity index (χ4v) is 5.04. The highest BCUT2D eigenvalue weighted by atomic mass is 35.5. The SMILES string of the molecule is CNN(NC)S(=O)(=O)Nc1ccc(C2CN(C)Cc3c(Cl)cc(Cl)cc32)cc1. The highest BCUT2D eigenvalue weighted by molar-refractivity contribution is 7.90. The molecule has 7 nitrogen and oxygen atoms in total. The van der Waals surface area contributed by atoms with E-state index in [1.807, 2.05) is 25.2 Å². The van der Waals surface area contributed by atoms with Crippen LogP contribution in [0.3, 0.4) is 0 Å². The predicted molar refractivity (Wildman–Crippen MR) is 114 cm³/mol. The summed E-state index contributed by atoms with van der Waals surface area (Å²) in [6, 6.07) is 11.1. The van der Waals surface area contributed by atoms with E-state index in [2.05, 4.69) is 20.5 Å². The number of hydrogen-bond acceptors (Lipinski definition) is 5. The summed E-state index contributed by atoms with van der Waals surface area (Å²) in [5.41, 5.74) is 8.80. The van der Waals surface area contributed by atoms with Gasteiger partial charge in [-0.1, -0.05) is 39.9 Å². The lowest BCUT2D eigenvalue weighted by Crippen LogP contribution is -2.50. The zero-order valence-corrected chi connectivity index (χ0v) is 18.2. The first-order valence-corrected chi connectivity index (χ1v) is 10.9. The summed E-state index contributed by atoms with van der Waals surface area (Å²) >= 11 is 12.7. The van der Waals surface area contributed by atoms with Gasteiger partial charge >= 0.3 is 10.2 Å². The maximum atomic E-state index is 12.3. The van der Waals surface area contributed by atoms with Gasteiger partial charge in [0.25, 0.3) is 0 Å². The molecule has 0 aromatic heterocycles. The number of halogens is 2. The lowest BCUT2D eigenvalue weighted by atomic mass is 9.85. The summed E-state index contributed by atoms with van der Waals surface area (Å²) in [6.07, 6.45) is 0. The van der Waals surface area contributed by atoms with Crippen LogP contribution in [0.5, 0.6) is 0 Å². The fraction of sp³-hybridized carbons (Fsp3) is 0.333. The molecule has 0 bridgehead atoms. The van der Waals surface area contributed by atoms with E-state index in [1.54, 1.807) is 18.2 Å². The summed E-state index contributed by atoms with van der Waals surface area (Å²) in [6.45, 7) is 1.59. The Morgan fingerprint density at radius 2 is 1.75 bits per heavy atom. The molecule has 0 saturated heterocycles. The summed E-state index contributed by atoms with van der Waals surface area (Å²) in [5, 5.41) is 1.28. The minimum atomic E-state index is -3.76. The number of benzene rings is 2. The number of hydrazine groups is 2. The summed E-state index contributed by atoms with van der Waals surface area (Å²) in [5.74, 6) is 0.0988. The molecule has 28 heavy (non-hydrogen) atoms. The Bertz CT molecular complexity index is 949. The Labute approximate surface area is 175 Å². The number of hydrogen-bond donors (Lipinski definition) is 3. The lowest BCUT2D eigenvalue weighted by Gasteiger charge is -2.33. The average Bonchev–Trinajstić information content (AvgIpc) is 2.63.